The van der Waals surface area contributed by atoms with Gasteiger partial charge in [-0.25, -0.2) is 0 Å². The molecule has 0 bridgehead atoms. The van der Waals surface area contributed by atoms with Crippen LogP contribution in [0.4, 0.5) is 5.69 Å². The van der Waals surface area contributed by atoms with Crippen LogP contribution in [0, 0.1) is 11.8 Å². The third-order valence-electron chi connectivity index (χ3n) is 4.23. The average molecular weight is 397 g/mol. The second-order valence-corrected chi connectivity index (χ2v) is 6.90. The predicted molar refractivity (Wildman–Crippen MR) is 93.5 cm³/mol. The molecule has 1 aromatic carbocycles. The third kappa shape index (κ3) is 5.63. The van der Waals surface area contributed by atoms with Crippen molar-refractivity contribution in [1.29, 1.82) is 0 Å². The van der Waals surface area contributed by atoms with E-state index in [1.165, 1.54) is 0 Å². The smallest absolute Gasteiger partial charge is 0.306 e. The van der Waals surface area contributed by atoms with Gasteiger partial charge in [0.05, 0.1) is 5.92 Å². The zero-order valence-electron chi connectivity index (χ0n) is 13.3. The summed E-state index contributed by atoms with van der Waals surface area (Å²) in [6.07, 6.45) is 2.46. The van der Waals surface area contributed by atoms with E-state index in [2.05, 4.69) is 26.6 Å². The first kappa shape index (κ1) is 18.4. The molecule has 2 amide bonds. The van der Waals surface area contributed by atoms with Gasteiger partial charge < -0.3 is 15.7 Å². The van der Waals surface area contributed by atoms with Crippen LogP contribution in [0.3, 0.4) is 0 Å². The highest BCUT2D eigenvalue weighted by Gasteiger charge is 2.29. The quantitative estimate of drug-likeness (QED) is 0.688. The largest absolute Gasteiger partial charge is 0.481 e. The molecule has 0 heterocycles. The minimum absolute atomic E-state index is 0.0877. The van der Waals surface area contributed by atoms with Crippen molar-refractivity contribution >= 4 is 39.4 Å². The SMILES string of the molecule is O=C(CCNC(=O)C1CCC(C(=O)O)CC1)Nc1ccc(Br)cc1. The van der Waals surface area contributed by atoms with E-state index in [9.17, 15) is 14.4 Å². The number of carboxylic acid groups (broad SMARTS) is 1. The maximum absolute atomic E-state index is 12.1. The summed E-state index contributed by atoms with van der Waals surface area (Å²) in [4.78, 5) is 34.8. The number of aliphatic carboxylic acids is 1. The number of hydrogen-bond acceptors (Lipinski definition) is 3. The molecule has 7 heteroatoms. The summed E-state index contributed by atoms with van der Waals surface area (Å²) in [5.41, 5.74) is 0.710. The van der Waals surface area contributed by atoms with Crippen molar-refractivity contribution in [3.8, 4) is 0 Å². The second-order valence-electron chi connectivity index (χ2n) is 5.98. The lowest BCUT2D eigenvalue weighted by Gasteiger charge is -2.25. The van der Waals surface area contributed by atoms with E-state index >= 15 is 0 Å². The number of nitrogens with one attached hydrogen (secondary N) is 2. The topological polar surface area (TPSA) is 95.5 Å². The maximum atomic E-state index is 12.1. The number of carboxylic acids is 1. The van der Waals surface area contributed by atoms with Crippen molar-refractivity contribution in [3.63, 3.8) is 0 Å². The van der Waals surface area contributed by atoms with Gasteiger partial charge in [-0.1, -0.05) is 15.9 Å². The standard InChI is InChI=1S/C17H21BrN2O4/c18-13-5-7-14(8-6-13)20-15(21)9-10-19-16(22)11-1-3-12(4-2-11)17(23)24/h5-8,11-12H,1-4,9-10H2,(H,19,22)(H,20,21)(H,23,24). The van der Waals surface area contributed by atoms with Crippen molar-refractivity contribution in [1.82, 2.24) is 5.32 Å². The van der Waals surface area contributed by atoms with E-state index in [1.54, 1.807) is 12.1 Å². The molecule has 0 spiro atoms. The van der Waals surface area contributed by atoms with Crippen molar-refractivity contribution in [2.75, 3.05) is 11.9 Å². The molecule has 0 unspecified atom stereocenters. The molecule has 24 heavy (non-hydrogen) atoms. The highest BCUT2D eigenvalue weighted by atomic mass is 79.9. The summed E-state index contributed by atoms with van der Waals surface area (Å²) in [5.74, 6) is -1.50. The van der Waals surface area contributed by atoms with Gasteiger partial charge in [0.15, 0.2) is 0 Å². The van der Waals surface area contributed by atoms with Gasteiger partial charge in [-0.05, 0) is 49.9 Å². The summed E-state index contributed by atoms with van der Waals surface area (Å²) in [5, 5.41) is 14.5. The number of amides is 2. The average Bonchev–Trinajstić information content (AvgIpc) is 2.57. The molecule has 0 atom stereocenters. The van der Waals surface area contributed by atoms with Crippen molar-refractivity contribution in [2.45, 2.75) is 32.1 Å². The van der Waals surface area contributed by atoms with Crippen molar-refractivity contribution in [3.05, 3.63) is 28.7 Å². The Labute approximate surface area is 149 Å². The second kappa shape index (κ2) is 8.82. The van der Waals surface area contributed by atoms with Crippen LogP contribution in [0.15, 0.2) is 28.7 Å². The van der Waals surface area contributed by atoms with Gasteiger partial charge in [-0.2, -0.15) is 0 Å². The Kier molecular flexibility index (Phi) is 6.78. The number of anilines is 1. The van der Waals surface area contributed by atoms with Gasteiger partial charge in [0.1, 0.15) is 0 Å². The molecule has 1 aliphatic rings. The third-order valence-corrected chi connectivity index (χ3v) is 4.76. The fourth-order valence-electron chi connectivity index (χ4n) is 2.80. The first-order valence-corrected chi connectivity index (χ1v) is 8.81. The molecule has 1 aliphatic carbocycles. The maximum Gasteiger partial charge on any atom is 0.306 e. The van der Waals surface area contributed by atoms with Crippen LogP contribution in [0.1, 0.15) is 32.1 Å². The summed E-state index contributed by atoms with van der Waals surface area (Å²) < 4.78 is 0.936. The molecule has 0 saturated heterocycles. The van der Waals surface area contributed by atoms with Crippen LogP contribution < -0.4 is 10.6 Å². The molecular weight excluding hydrogens is 376 g/mol. The number of halogens is 1. The number of hydrogen-bond donors (Lipinski definition) is 3. The molecule has 1 saturated carbocycles. The first-order valence-electron chi connectivity index (χ1n) is 8.01. The summed E-state index contributed by atoms with van der Waals surface area (Å²) in [7, 11) is 0. The molecule has 0 radical (unpaired) electrons. The molecule has 1 fully saturated rings. The lowest BCUT2D eigenvalue weighted by Crippen LogP contribution is -2.35. The molecule has 130 valence electrons. The van der Waals surface area contributed by atoms with Crippen LogP contribution in [0.25, 0.3) is 0 Å². The van der Waals surface area contributed by atoms with Crippen LogP contribution in [0.2, 0.25) is 0 Å². The summed E-state index contributed by atoms with van der Waals surface area (Å²) in [6.45, 7) is 0.278. The lowest BCUT2D eigenvalue weighted by molar-refractivity contribution is -0.144. The first-order chi connectivity index (χ1) is 11.5. The minimum atomic E-state index is -0.779. The van der Waals surface area contributed by atoms with Gasteiger partial charge in [0.25, 0.3) is 0 Å². The Morgan fingerprint density at radius 2 is 1.62 bits per heavy atom. The Morgan fingerprint density at radius 3 is 2.21 bits per heavy atom. The van der Waals surface area contributed by atoms with Crippen molar-refractivity contribution in [2.24, 2.45) is 11.8 Å². The molecule has 6 nitrogen and oxygen atoms in total. The molecule has 3 N–H and O–H groups in total. The van der Waals surface area contributed by atoms with Gasteiger partial charge >= 0.3 is 5.97 Å². The molecule has 0 aromatic heterocycles. The zero-order valence-corrected chi connectivity index (χ0v) is 14.8. The Balaban J connectivity index is 1.66. The van der Waals surface area contributed by atoms with E-state index in [0.717, 1.165) is 4.47 Å². The summed E-state index contributed by atoms with van der Waals surface area (Å²) in [6, 6.07) is 7.26. The number of carbonyl (C=O) groups is 3. The Hall–Kier alpha value is -1.89. The monoisotopic (exact) mass is 396 g/mol. The van der Waals surface area contributed by atoms with Crippen LogP contribution in [-0.4, -0.2) is 29.4 Å². The summed E-state index contributed by atoms with van der Waals surface area (Å²) >= 11 is 3.33. The predicted octanol–water partition coefficient (Wildman–Crippen LogP) is 2.78. The number of carbonyl (C=O) groups excluding carboxylic acids is 2. The van der Waals surface area contributed by atoms with Crippen LogP contribution in [0.5, 0.6) is 0 Å². The van der Waals surface area contributed by atoms with Crippen LogP contribution >= 0.6 is 15.9 Å². The molecule has 2 rings (SSSR count). The lowest BCUT2D eigenvalue weighted by atomic mass is 9.81. The number of benzene rings is 1. The Morgan fingerprint density at radius 1 is 1.04 bits per heavy atom. The van der Waals surface area contributed by atoms with Gasteiger partial charge in [-0.3, -0.25) is 14.4 Å². The molecular formula is C17H21BrN2O4. The van der Waals surface area contributed by atoms with Gasteiger partial charge in [-0.15, -0.1) is 0 Å². The van der Waals surface area contributed by atoms with E-state index < -0.39 is 5.97 Å². The Bertz CT molecular complexity index is 595. The molecule has 1 aromatic rings. The normalized spacial score (nSPS) is 20.2. The van der Waals surface area contributed by atoms with Crippen LogP contribution in [-0.2, 0) is 14.4 Å². The molecule has 0 aliphatic heterocycles. The van der Waals surface area contributed by atoms with Gasteiger partial charge in [0.2, 0.25) is 11.8 Å². The zero-order chi connectivity index (χ0) is 17.5. The van der Waals surface area contributed by atoms with E-state index in [0.29, 0.717) is 31.4 Å². The highest BCUT2D eigenvalue weighted by Crippen LogP contribution is 2.28. The van der Waals surface area contributed by atoms with E-state index in [4.69, 9.17) is 5.11 Å². The van der Waals surface area contributed by atoms with Crippen molar-refractivity contribution < 1.29 is 19.5 Å². The van der Waals surface area contributed by atoms with Gasteiger partial charge in [0, 0.05) is 29.0 Å². The fourth-order valence-corrected chi connectivity index (χ4v) is 3.07. The fraction of sp³-hybridized carbons (Fsp3) is 0.471. The highest BCUT2D eigenvalue weighted by molar-refractivity contribution is 9.10. The number of rotatable bonds is 6. The van der Waals surface area contributed by atoms with E-state index in [1.807, 2.05) is 12.1 Å². The van der Waals surface area contributed by atoms with E-state index in [-0.39, 0.29) is 36.6 Å². The minimum Gasteiger partial charge on any atom is -0.481 e.